The Balaban J connectivity index is 1.99. The minimum absolute atomic E-state index is 0.0679. The summed E-state index contributed by atoms with van der Waals surface area (Å²) in [5.41, 5.74) is -1.87. The molecule has 0 spiro atoms. The molecule has 1 saturated heterocycles. The highest BCUT2D eigenvalue weighted by molar-refractivity contribution is 5.82. The summed E-state index contributed by atoms with van der Waals surface area (Å²) < 4.78 is 35.7. The lowest BCUT2D eigenvalue weighted by molar-refractivity contribution is -0.191. The Kier molecular flexibility index (Phi) is 4.14. The molecule has 2 aromatic rings. The van der Waals surface area contributed by atoms with Crippen molar-refractivity contribution in [3.8, 4) is 12.3 Å². The third-order valence-electron chi connectivity index (χ3n) is 4.31. The zero-order valence-electron chi connectivity index (χ0n) is 15.8. The summed E-state index contributed by atoms with van der Waals surface area (Å²) in [6.45, 7) is 0.373. The molecule has 3 rings (SSSR count). The van der Waals surface area contributed by atoms with Crippen molar-refractivity contribution in [1.82, 2.24) is 19.5 Å². The lowest BCUT2D eigenvalue weighted by Crippen LogP contribution is -2.48. The average molecular weight is 369 g/mol. The first-order valence-corrected chi connectivity index (χ1v) is 7.95. The van der Waals surface area contributed by atoms with E-state index in [1.165, 1.54) is 17.2 Å². The molecule has 0 unspecified atom stereocenters. The molecular weight excluding hydrogens is 345 g/mol. The van der Waals surface area contributed by atoms with Gasteiger partial charge in [-0.25, -0.2) is 19.3 Å². The Labute approximate surface area is 151 Å². The minimum atomic E-state index is -2.65. The van der Waals surface area contributed by atoms with E-state index in [-0.39, 0.29) is 32.0 Å². The Bertz CT molecular complexity index is 880. The van der Waals surface area contributed by atoms with Gasteiger partial charge in [-0.1, -0.05) is 5.92 Å². The van der Waals surface area contributed by atoms with E-state index in [2.05, 4.69) is 25.4 Å². The predicted molar refractivity (Wildman–Crippen MR) is 89.6 cm³/mol. The van der Waals surface area contributed by atoms with Gasteiger partial charge in [-0.05, 0) is 13.3 Å². The van der Waals surface area contributed by atoms with Gasteiger partial charge in [0, 0.05) is 20.9 Å². The van der Waals surface area contributed by atoms with Crippen molar-refractivity contribution >= 4 is 17.0 Å². The first kappa shape index (κ1) is 15.9. The molecule has 26 heavy (non-hydrogen) atoms. The Morgan fingerprint density at radius 3 is 3.15 bits per heavy atom. The van der Waals surface area contributed by atoms with Crippen molar-refractivity contribution in [2.45, 2.75) is 43.5 Å². The molecule has 0 aromatic carbocycles. The molecular formula is C16H20FN5O4. The molecule has 4 N–H and O–H groups in total. The zero-order valence-corrected chi connectivity index (χ0v) is 13.8. The number of nitrogens with zero attached hydrogens (tertiary/aromatic N) is 4. The molecule has 4 atom stereocenters. The van der Waals surface area contributed by atoms with E-state index in [1.54, 1.807) is 0 Å². The number of alkyl halides is 1. The number of halogens is 1. The third kappa shape index (κ3) is 2.69. The largest absolute Gasteiger partial charge is 0.396 e. The third-order valence-corrected chi connectivity index (χ3v) is 4.31. The number of aliphatic hydroxyl groups excluding tert-OH is 2. The van der Waals surface area contributed by atoms with Gasteiger partial charge in [0.05, 0.1) is 6.33 Å². The van der Waals surface area contributed by atoms with Crippen LogP contribution >= 0.6 is 0 Å². The molecule has 9 nitrogen and oxygen atoms in total. The number of imidazole rings is 1. The fourth-order valence-electron chi connectivity index (χ4n) is 3.00. The quantitative estimate of drug-likeness (QED) is 0.395. The SMILES string of the molecule is [3H]CCNc1ncnc2c1ncn2[C@@H]1O[C@](F)(CCCO[3H])[C@@H](O)[C@]1(O)C#C. The standard InChI is InChI=1S/C16H20FN5O4/c1-3-15(25)13(24)16(17,6-5-7-23)26-14(15)22-9-21-10-11(18-4-2)19-8-20-12(10)22/h1,8-9,13-14,23-25H,4-7H2,2H3,(H,18,19,20)/t13-,14+,15+,16+/m0/s1/i2T,23T. The lowest BCUT2D eigenvalue weighted by atomic mass is 9.92. The maximum absolute atomic E-state index is 15.3. The van der Waals surface area contributed by atoms with Gasteiger partial charge in [0.15, 0.2) is 29.3 Å². The van der Waals surface area contributed by atoms with Crippen LogP contribution in [0.3, 0.4) is 0 Å². The number of aromatic nitrogens is 4. The van der Waals surface area contributed by atoms with Crippen LogP contribution in [0.2, 0.25) is 0 Å². The summed E-state index contributed by atoms with van der Waals surface area (Å²) in [7, 11) is 0. The summed E-state index contributed by atoms with van der Waals surface area (Å²) in [5.74, 6) is -0.266. The highest BCUT2D eigenvalue weighted by atomic mass is 19.2. The van der Waals surface area contributed by atoms with Gasteiger partial charge in [0.25, 0.3) is 0 Å². The second-order valence-electron chi connectivity index (χ2n) is 5.91. The molecule has 1 aliphatic rings. The molecule has 0 amide bonds. The Hall–Kier alpha value is -2.32. The van der Waals surface area contributed by atoms with E-state index in [0.29, 0.717) is 17.9 Å². The normalized spacial score (nSPS) is 32.2. The topological polar surface area (TPSA) is 126 Å². The van der Waals surface area contributed by atoms with Crippen LogP contribution in [0.4, 0.5) is 10.2 Å². The zero-order chi connectivity index (χ0) is 20.4. The fourth-order valence-corrected chi connectivity index (χ4v) is 3.00. The van der Waals surface area contributed by atoms with Gasteiger partial charge < -0.3 is 25.4 Å². The Morgan fingerprint density at radius 1 is 1.58 bits per heavy atom. The van der Waals surface area contributed by atoms with Crippen molar-refractivity contribution in [1.29, 1.82) is 1.43 Å². The van der Waals surface area contributed by atoms with Crippen molar-refractivity contribution in [3.63, 3.8) is 0 Å². The van der Waals surface area contributed by atoms with Gasteiger partial charge >= 0.3 is 0 Å². The first-order valence-electron chi connectivity index (χ1n) is 9.06. The maximum Gasteiger partial charge on any atom is 0.241 e. The van der Waals surface area contributed by atoms with Crippen molar-refractivity contribution < 1.29 is 25.8 Å². The number of terminal acetylenes is 1. The van der Waals surface area contributed by atoms with E-state index >= 15 is 4.39 Å². The molecule has 10 heteroatoms. The van der Waals surface area contributed by atoms with Crippen LogP contribution in [0.5, 0.6) is 0 Å². The molecule has 140 valence electrons. The van der Waals surface area contributed by atoms with Crippen LogP contribution in [0, 0.1) is 12.3 Å². The lowest BCUT2D eigenvalue weighted by Gasteiger charge is -2.26. The summed E-state index contributed by atoms with van der Waals surface area (Å²) in [4.78, 5) is 12.3. The van der Waals surface area contributed by atoms with E-state index in [4.69, 9.17) is 14.0 Å². The number of fused-ring (bicyclic) bond motifs is 1. The van der Waals surface area contributed by atoms with Gasteiger partial charge in [-0.2, -0.15) is 0 Å². The molecule has 0 radical (unpaired) electrons. The molecule has 0 aliphatic carbocycles. The maximum atomic E-state index is 15.3. The minimum Gasteiger partial charge on any atom is -0.396 e. The smallest absolute Gasteiger partial charge is 0.241 e. The number of hydrogen-bond donors (Lipinski definition) is 4. The first-order chi connectivity index (χ1) is 13.4. The van der Waals surface area contributed by atoms with E-state index in [1.807, 2.05) is 5.92 Å². The molecule has 0 bridgehead atoms. The van der Waals surface area contributed by atoms with Crippen LogP contribution in [0.15, 0.2) is 12.7 Å². The molecule has 3 heterocycles. The van der Waals surface area contributed by atoms with Gasteiger partial charge in [0.1, 0.15) is 6.33 Å². The van der Waals surface area contributed by atoms with Crippen LogP contribution in [0.1, 0.15) is 27.3 Å². The van der Waals surface area contributed by atoms with Crippen molar-refractivity contribution in [2.75, 3.05) is 18.5 Å². The van der Waals surface area contributed by atoms with Gasteiger partial charge in [-0.3, -0.25) is 4.57 Å². The average Bonchev–Trinajstić information content (AvgIpc) is 3.21. The summed E-state index contributed by atoms with van der Waals surface area (Å²) >= 11 is 0. The van der Waals surface area contributed by atoms with Gasteiger partial charge in [-0.15, -0.1) is 6.42 Å². The number of nitrogens with one attached hydrogen (secondary N) is 1. The van der Waals surface area contributed by atoms with Crippen LogP contribution < -0.4 is 5.32 Å². The highest BCUT2D eigenvalue weighted by Crippen LogP contribution is 2.47. The van der Waals surface area contributed by atoms with E-state index < -0.39 is 23.8 Å². The van der Waals surface area contributed by atoms with E-state index in [0.717, 1.165) is 0 Å². The molecule has 0 saturated carbocycles. The fraction of sp³-hybridized carbons (Fsp3) is 0.562. The van der Waals surface area contributed by atoms with Crippen LogP contribution in [0.25, 0.3) is 11.2 Å². The Morgan fingerprint density at radius 2 is 2.42 bits per heavy atom. The van der Waals surface area contributed by atoms with Crippen molar-refractivity contribution in [2.24, 2.45) is 0 Å². The summed E-state index contributed by atoms with van der Waals surface area (Å²) in [6.07, 6.45) is 4.08. The number of rotatable bonds is 7. The van der Waals surface area contributed by atoms with Gasteiger partial charge in [0.2, 0.25) is 12.9 Å². The number of anilines is 1. The second kappa shape index (κ2) is 6.77. The number of ether oxygens (including phenoxy) is 1. The highest BCUT2D eigenvalue weighted by Gasteiger charge is 2.64. The predicted octanol–water partition coefficient (Wildman–Crippen LogP) is -0.0496. The van der Waals surface area contributed by atoms with Crippen LogP contribution in [-0.4, -0.2) is 67.0 Å². The molecule has 1 aliphatic heterocycles. The molecule has 2 aromatic heterocycles. The molecule has 1 fully saturated rings. The van der Waals surface area contributed by atoms with Crippen LogP contribution in [-0.2, 0) is 4.74 Å². The van der Waals surface area contributed by atoms with Crippen molar-refractivity contribution in [3.05, 3.63) is 12.7 Å². The van der Waals surface area contributed by atoms with E-state index in [9.17, 15) is 10.2 Å². The number of hydrogen-bond acceptors (Lipinski definition) is 8. The summed E-state index contributed by atoms with van der Waals surface area (Å²) in [6, 6.07) is 0. The number of aliphatic hydroxyl groups is 3. The summed E-state index contributed by atoms with van der Waals surface area (Å²) in [5, 5.41) is 28.3. The monoisotopic (exact) mass is 369 g/mol. The second-order valence-corrected chi connectivity index (χ2v) is 5.91.